The van der Waals surface area contributed by atoms with Gasteiger partial charge < -0.3 is 19.9 Å². The van der Waals surface area contributed by atoms with Crippen LogP contribution in [-0.2, 0) is 16.7 Å². The number of nitrogens with one attached hydrogen (secondary N) is 2. The van der Waals surface area contributed by atoms with Gasteiger partial charge in [-0.25, -0.2) is 4.79 Å². The first-order chi connectivity index (χ1) is 11.8. The molecule has 1 aromatic carbocycles. The highest BCUT2D eigenvalue weighted by molar-refractivity contribution is 5.89. The third kappa shape index (κ3) is 5.29. The van der Waals surface area contributed by atoms with Crippen LogP contribution in [0.2, 0.25) is 0 Å². The van der Waals surface area contributed by atoms with E-state index in [2.05, 4.69) is 41.6 Å². The summed E-state index contributed by atoms with van der Waals surface area (Å²) in [5.74, 6) is 0.690. The van der Waals surface area contributed by atoms with Crippen molar-refractivity contribution in [2.24, 2.45) is 0 Å². The summed E-state index contributed by atoms with van der Waals surface area (Å²) >= 11 is 0. The number of carbonyl (C=O) groups is 1. The van der Waals surface area contributed by atoms with E-state index in [1.54, 1.807) is 13.4 Å². The van der Waals surface area contributed by atoms with Gasteiger partial charge in [-0.15, -0.1) is 10.2 Å². The Labute approximate surface area is 148 Å². The Kier molecular flexibility index (Phi) is 6.14. The first-order valence-corrected chi connectivity index (χ1v) is 8.36. The Bertz CT molecular complexity index is 688. The van der Waals surface area contributed by atoms with Crippen molar-refractivity contribution < 1.29 is 9.53 Å². The third-order valence-corrected chi connectivity index (χ3v) is 3.93. The molecule has 0 bridgehead atoms. The van der Waals surface area contributed by atoms with E-state index in [-0.39, 0.29) is 17.5 Å². The van der Waals surface area contributed by atoms with Crippen molar-refractivity contribution in [1.82, 2.24) is 20.1 Å². The summed E-state index contributed by atoms with van der Waals surface area (Å²) in [7, 11) is 1.64. The lowest BCUT2D eigenvalue weighted by Crippen LogP contribution is -2.32. The number of rotatable bonds is 6. The molecule has 0 aliphatic rings. The number of carbonyl (C=O) groups excluding carboxylic acids is 1. The van der Waals surface area contributed by atoms with Crippen molar-refractivity contribution >= 4 is 11.7 Å². The lowest BCUT2D eigenvalue weighted by Gasteiger charge is -2.19. The first-order valence-electron chi connectivity index (χ1n) is 8.36. The molecule has 2 amide bonds. The molecule has 2 N–H and O–H groups in total. The van der Waals surface area contributed by atoms with E-state index in [9.17, 15) is 4.79 Å². The van der Waals surface area contributed by atoms with Gasteiger partial charge in [-0.3, -0.25) is 0 Å². The van der Waals surface area contributed by atoms with E-state index < -0.39 is 0 Å². The monoisotopic (exact) mass is 345 g/mol. The van der Waals surface area contributed by atoms with Gasteiger partial charge in [0, 0.05) is 19.3 Å². The quantitative estimate of drug-likeness (QED) is 0.843. The molecule has 25 heavy (non-hydrogen) atoms. The zero-order valence-electron chi connectivity index (χ0n) is 15.5. The van der Waals surface area contributed by atoms with E-state index in [4.69, 9.17) is 4.74 Å². The molecule has 0 aliphatic heterocycles. The zero-order chi connectivity index (χ0) is 18.4. The Balaban J connectivity index is 1.94. The fourth-order valence-electron chi connectivity index (χ4n) is 2.44. The average molecular weight is 345 g/mol. The Hall–Kier alpha value is -2.41. The summed E-state index contributed by atoms with van der Waals surface area (Å²) in [5, 5.41) is 13.7. The van der Waals surface area contributed by atoms with Crippen LogP contribution < -0.4 is 10.6 Å². The molecule has 0 saturated carbocycles. The van der Waals surface area contributed by atoms with Crippen LogP contribution in [0, 0.1) is 0 Å². The molecule has 0 aliphatic carbocycles. The van der Waals surface area contributed by atoms with E-state index in [1.807, 2.05) is 35.8 Å². The summed E-state index contributed by atoms with van der Waals surface area (Å²) < 4.78 is 6.93. The van der Waals surface area contributed by atoms with Gasteiger partial charge in [-0.2, -0.15) is 0 Å². The third-order valence-electron chi connectivity index (χ3n) is 3.93. The maximum atomic E-state index is 12.2. The minimum atomic E-state index is -0.280. The maximum Gasteiger partial charge on any atom is 0.319 e. The summed E-state index contributed by atoms with van der Waals surface area (Å²) in [4.78, 5) is 12.2. The van der Waals surface area contributed by atoms with E-state index in [1.165, 1.54) is 5.56 Å². The summed E-state index contributed by atoms with van der Waals surface area (Å²) in [5.41, 5.74) is 2.05. The van der Waals surface area contributed by atoms with Crippen LogP contribution >= 0.6 is 0 Å². The summed E-state index contributed by atoms with van der Waals surface area (Å²) in [6.45, 7) is 9.54. The number of anilines is 1. The molecular formula is C18H27N5O2. The highest BCUT2D eigenvalue weighted by atomic mass is 16.5. The molecule has 2 aromatic rings. The zero-order valence-corrected chi connectivity index (χ0v) is 15.5. The number of methoxy groups -OCH3 is 1. The second kappa shape index (κ2) is 8.11. The Morgan fingerprint density at radius 2 is 1.96 bits per heavy atom. The molecule has 0 saturated heterocycles. The summed E-state index contributed by atoms with van der Waals surface area (Å²) in [6, 6.07) is 7.32. The fourth-order valence-corrected chi connectivity index (χ4v) is 2.44. The van der Waals surface area contributed by atoms with Crippen molar-refractivity contribution in [1.29, 1.82) is 0 Å². The topological polar surface area (TPSA) is 81.1 Å². The number of hydrogen-bond donors (Lipinski definition) is 2. The molecule has 7 heteroatoms. The smallest absolute Gasteiger partial charge is 0.319 e. The van der Waals surface area contributed by atoms with Crippen molar-refractivity contribution in [3.63, 3.8) is 0 Å². The van der Waals surface area contributed by atoms with Crippen molar-refractivity contribution in [3.05, 3.63) is 42.0 Å². The molecular weight excluding hydrogens is 318 g/mol. The normalized spacial score (nSPS) is 12.7. The largest absolute Gasteiger partial charge is 0.383 e. The van der Waals surface area contributed by atoms with Gasteiger partial charge >= 0.3 is 6.03 Å². The van der Waals surface area contributed by atoms with Crippen LogP contribution in [-0.4, -0.2) is 34.5 Å². The van der Waals surface area contributed by atoms with E-state index in [0.717, 1.165) is 5.69 Å². The molecule has 2 rings (SSSR count). The van der Waals surface area contributed by atoms with Gasteiger partial charge in [-0.1, -0.05) is 32.9 Å². The number of aromatic nitrogens is 3. The molecule has 7 nitrogen and oxygen atoms in total. The highest BCUT2D eigenvalue weighted by Crippen LogP contribution is 2.23. The van der Waals surface area contributed by atoms with Crippen LogP contribution in [0.4, 0.5) is 10.5 Å². The molecule has 0 radical (unpaired) electrons. The van der Waals surface area contributed by atoms with E-state index in [0.29, 0.717) is 19.0 Å². The lowest BCUT2D eigenvalue weighted by molar-refractivity contribution is 0.185. The second-order valence-corrected chi connectivity index (χ2v) is 7.02. The molecule has 136 valence electrons. The van der Waals surface area contributed by atoms with Crippen molar-refractivity contribution in [2.75, 3.05) is 19.0 Å². The minimum absolute atomic E-state index is 0.0849. The van der Waals surface area contributed by atoms with Gasteiger partial charge in [0.15, 0.2) is 5.82 Å². The lowest BCUT2D eigenvalue weighted by atomic mass is 9.87. The molecule has 1 aromatic heterocycles. The molecule has 1 heterocycles. The number of benzene rings is 1. The number of ether oxygens (including phenoxy) is 1. The molecule has 0 unspecified atom stereocenters. The Morgan fingerprint density at radius 3 is 2.56 bits per heavy atom. The van der Waals surface area contributed by atoms with Gasteiger partial charge in [0.25, 0.3) is 0 Å². The van der Waals surface area contributed by atoms with Gasteiger partial charge in [0.2, 0.25) is 0 Å². The van der Waals surface area contributed by atoms with Crippen LogP contribution in [0.3, 0.4) is 0 Å². The average Bonchev–Trinajstić information content (AvgIpc) is 3.01. The van der Waals surface area contributed by atoms with Crippen LogP contribution in [0.1, 0.15) is 45.1 Å². The SMILES string of the molecule is COCCn1cnnc1[C@@H](C)NC(=O)Nc1ccc(C(C)(C)C)cc1. The summed E-state index contributed by atoms with van der Waals surface area (Å²) in [6.07, 6.45) is 1.63. The predicted molar refractivity (Wildman–Crippen MR) is 97.6 cm³/mol. The minimum Gasteiger partial charge on any atom is -0.383 e. The Morgan fingerprint density at radius 1 is 1.28 bits per heavy atom. The molecule has 0 spiro atoms. The van der Waals surface area contributed by atoms with Gasteiger partial charge in [0.1, 0.15) is 6.33 Å². The van der Waals surface area contributed by atoms with Crippen LogP contribution in [0.5, 0.6) is 0 Å². The standard InChI is InChI=1S/C18H27N5O2/c1-13(16-22-19-12-23(16)10-11-25-5)20-17(24)21-15-8-6-14(7-9-15)18(2,3)4/h6-9,12-13H,10-11H2,1-5H3,(H2,20,21,24)/t13-/m1/s1. The predicted octanol–water partition coefficient (Wildman–Crippen LogP) is 3.10. The highest BCUT2D eigenvalue weighted by Gasteiger charge is 2.16. The van der Waals surface area contributed by atoms with Crippen LogP contribution in [0.25, 0.3) is 0 Å². The van der Waals surface area contributed by atoms with Crippen molar-refractivity contribution in [2.45, 2.75) is 45.7 Å². The molecule has 1 atom stereocenters. The van der Waals surface area contributed by atoms with Crippen molar-refractivity contribution in [3.8, 4) is 0 Å². The van der Waals surface area contributed by atoms with Gasteiger partial charge in [-0.05, 0) is 30.0 Å². The van der Waals surface area contributed by atoms with Crippen LogP contribution in [0.15, 0.2) is 30.6 Å². The number of urea groups is 1. The number of amides is 2. The first kappa shape index (κ1) is 18.9. The van der Waals surface area contributed by atoms with E-state index >= 15 is 0 Å². The second-order valence-electron chi connectivity index (χ2n) is 7.02. The number of nitrogens with zero attached hydrogens (tertiary/aromatic N) is 3. The van der Waals surface area contributed by atoms with Gasteiger partial charge in [0.05, 0.1) is 12.6 Å². The number of hydrogen-bond acceptors (Lipinski definition) is 4. The fraction of sp³-hybridized carbons (Fsp3) is 0.500. The maximum absolute atomic E-state index is 12.2. The molecule has 0 fully saturated rings.